The third kappa shape index (κ3) is 2.98. The van der Waals surface area contributed by atoms with E-state index in [1.54, 1.807) is 4.68 Å². The highest BCUT2D eigenvalue weighted by Crippen LogP contribution is 2.17. The predicted octanol–water partition coefficient (Wildman–Crippen LogP) is 2.12. The van der Waals surface area contributed by atoms with E-state index in [1.807, 2.05) is 20.9 Å². The van der Waals surface area contributed by atoms with Gasteiger partial charge < -0.3 is 5.32 Å². The molecule has 19 heavy (non-hydrogen) atoms. The first-order valence-electron chi connectivity index (χ1n) is 6.57. The van der Waals surface area contributed by atoms with Crippen molar-refractivity contribution in [1.82, 2.24) is 25.1 Å². The van der Waals surface area contributed by atoms with Crippen LogP contribution >= 0.6 is 0 Å². The molecule has 0 amide bonds. The number of rotatable bonds is 4. The molecule has 2 heterocycles. The molecule has 0 saturated heterocycles. The fourth-order valence-electron chi connectivity index (χ4n) is 2.04. The Bertz CT molecular complexity index is 571. The molecule has 1 N–H and O–H groups in total. The van der Waals surface area contributed by atoms with Crippen molar-refractivity contribution >= 4 is 0 Å². The van der Waals surface area contributed by atoms with Crippen LogP contribution in [0.2, 0.25) is 0 Å². The molecule has 0 bridgehead atoms. The quantitative estimate of drug-likeness (QED) is 0.913. The van der Waals surface area contributed by atoms with E-state index < -0.39 is 0 Å². The molecule has 0 radical (unpaired) electrons. The maximum absolute atomic E-state index is 4.69. The molecule has 0 saturated carbocycles. The molecule has 0 aliphatic carbocycles. The largest absolute Gasteiger partial charge is 0.316 e. The van der Waals surface area contributed by atoms with Gasteiger partial charge in [-0.2, -0.15) is 4.68 Å². The molecule has 0 unspecified atom stereocenters. The molecule has 0 aromatic carbocycles. The molecular weight excluding hydrogens is 238 g/mol. The molecule has 2 rings (SSSR count). The van der Waals surface area contributed by atoms with Gasteiger partial charge in [0.1, 0.15) is 11.6 Å². The van der Waals surface area contributed by atoms with E-state index in [4.69, 9.17) is 4.98 Å². The molecule has 0 spiro atoms. The van der Waals surface area contributed by atoms with Gasteiger partial charge in [-0.1, -0.05) is 13.8 Å². The van der Waals surface area contributed by atoms with E-state index in [0.717, 1.165) is 29.7 Å². The van der Waals surface area contributed by atoms with Crippen molar-refractivity contribution in [3.63, 3.8) is 0 Å². The van der Waals surface area contributed by atoms with Crippen LogP contribution in [0.4, 0.5) is 0 Å². The maximum atomic E-state index is 4.69. The van der Waals surface area contributed by atoms with E-state index in [1.165, 1.54) is 5.56 Å². The highest BCUT2D eigenvalue weighted by Gasteiger charge is 2.11. The molecule has 0 atom stereocenters. The van der Waals surface area contributed by atoms with E-state index in [-0.39, 0.29) is 0 Å². The fraction of sp³-hybridized carbons (Fsp3) is 0.500. The van der Waals surface area contributed by atoms with E-state index in [0.29, 0.717) is 5.92 Å². The Morgan fingerprint density at radius 3 is 2.47 bits per heavy atom. The smallest absolute Gasteiger partial charge is 0.156 e. The summed E-state index contributed by atoms with van der Waals surface area (Å²) >= 11 is 0. The lowest BCUT2D eigenvalue weighted by Gasteiger charge is -2.11. The third-order valence-corrected chi connectivity index (χ3v) is 2.96. The average molecular weight is 259 g/mol. The highest BCUT2D eigenvalue weighted by molar-refractivity contribution is 5.32. The topological polar surface area (TPSA) is 55.6 Å². The zero-order valence-electron chi connectivity index (χ0n) is 12.2. The summed E-state index contributed by atoms with van der Waals surface area (Å²) in [6.45, 7) is 8.96. The van der Waals surface area contributed by atoms with Crippen LogP contribution in [0.15, 0.2) is 12.1 Å². The van der Waals surface area contributed by atoms with Crippen LogP contribution in [-0.2, 0) is 6.54 Å². The summed E-state index contributed by atoms with van der Waals surface area (Å²) in [6, 6.07) is 4.20. The number of nitrogens with one attached hydrogen (secondary N) is 1. The second-order valence-electron chi connectivity index (χ2n) is 5.06. The summed E-state index contributed by atoms with van der Waals surface area (Å²) < 4.78 is 1.81. The Hall–Kier alpha value is -1.75. The summed E-state index contributed by atoms with van der Waals surface area (Å²) in [7, 11) is 1.94. The number of hydrogen-bond acceptors (Lipinski definition) is 4. The highest BCUT2D eigenvalue weighted by atomic mass is 15.4. The number of pyridine rings is 1. The molecule has 2 aromatic rings. The van der Waals surface area contributed by atoms with Gasteiger partial charge in [0.2, 0.25) is 0 Å². The summed E-state index contributed by atoms with van der Waals surface area (Å²) in [4.78, 5) is 9.03. The molecule has 5 nitrogen and oxygen atoms in total. The second-order valence-corrected chi connectivity index (χ2v) is 5.06. The van der Waals surface area contributed by atoms with Crippen molar-refractivity contribution in [3.05, 3.63) is 35.0 Å². The van der Waals surface area contributed by atoms with E-state index in [9.17, 15) is 0 Å². The minimum absolute atomic E-state index is 0.389. The number of aromatic nitrogens is 4. The summed E-state index contributed by atoms with van der Waals surface area (Å²) in [5.41, 5.74) is 2.29. The van der Waals surface area contributed by atoms with Crippen LogP contribution < -0.4 is 5.32 Å². The van der Waals surface area contributed by atoms with Crippen LogP contribution in [-0.4, -0.2) is 26.8 Å². The fourth-order valence-corrected chi connectivity index (χ4v) is 2.04. The van der Waals surface area contributed by atoms with Gasteiger partial charge in [-0.15, -0.1) is 5.10 Å². The summed E-state index contributed by atoms with van der Waals surface area (Å²) in [5.74, 6) is 2.86. The zero-order valence-corrected chi connectivity index (χ0v) is 12.2. The number of aryl methyl sites for hydroxylation is 2. The van der Waals surface area contributed by atoms with Crippen LogP contribution in [0.1, 0.15) is 42.7 Å². The SMILES string of the molecule is CNCc1cc(C(C)C)nc(-n2nc(C)nc2C)c1. The molecule has 102 valence electrons. The molecule has 0 aliphatic rings. The van der Waals surface area contributed by atoms with Gasteiger partial charge in [-0.25, -0.2) is 9.97 Å². The third-order valence-electron chi connectivity index (χ3n) is 2.96. The van der Waals surface area contributed by atoms with Crippen molar-refractivity contribution in [2.45, 2.75) is 40.2 Å². The van der Waals surface area contributed by atoms with E-state index in [2.05, 4.69) is 41.4 Å². The minimum Gasteiger partial charge on any atom is -0.316 e. The Balaban J connectivity index is 2.52. The van der Waals surface area contributed by atoms with Gasteiger partial charge in [0.05, 0.1) is 0 Å². The standard InChI is InChI=1S/C14H21N5/c1-9(2)13-6-12(8-15-5)7-14(17-13)19-11(4)16-10(3)18-19/h6-7,9,15H,8H2,1-5H3. The molecular formula is C14H21N5. The first-order valence-corrected chi connectivity index (χ1v) is 6.57. The van der Waals surface area contributed by atoms with Crippen molar-refractivity contribution in [2.75, 3.05) is 7.05 Å². The zero-order chi connectivity index (χ0) is 14.0. The first-order chi connectivity index (χ1) is 9.01. The second kappa shape index (κ2) is 5.48. The molecule has 2 aromatic heterocycles. The lowest BCUT2D eigenvalue weighted by atomic mass is 10.1. The van der Waals surface area contributed by atoms with Crippen molar-refractivity contribution in [1.29, 1.82) is 0 Å². The normalized spacial score (nSPS) is 11.3. The van der Waals surface area contributed by atoms with Gasteiger partial charge >= 0.3 is 0 Å². The lowest BCUT2D eigenvalue weighted by molar-refractivity contribution is 0.748. The first kappa shape index (κ1) is 13.7. The van der Waals surface area contributed by atoms with Crippen molar-refractivity contribution in [3.8, 4) is 5.82 Å². The number of nitrogens with zero attached hydrogens (tertiary/aromatic N) is 4. The van der Waals surface area contributed by atoms with Gasteiger partial charge in [-0.3, -0.25) is 0 Å². The maximum Gasteiger partial charge on any atom is 0.156 e. The Labute approximate surface area is 114 Å². The lowest BCUT2D eigenvalue weighted by Crippen LogP contribution is -2.10. The molecule has 0 aliphatic heterocycles. The van der Waals surface area contributed by atoms with Crippen molar-refractivity contribution < 1.29 is 0 Å². The minimum atomic E-state index is 0.389. The predicted molar refractivity (Wildman–Crippen MR) is 75.5 cm³/mol. The van der Waals surface area contributed by atoms with Crippen LogP contribution in [0, 0.1) is 13.8 Å². The summed E-state index contributed by atoms with van der Waals surface area (Å²) in [5, 5.41) is 7.58. The summed E-state index contributed by atoms with van der Waals surface area (Å²) in [6.07, 6.45) is 0. The van der Waals surface area contributed by atoms with Gasteiger partial charge in [0.15, 0.2) is 5.82 Å². The van der Waals surface area contributed by atoms with Crippen LogP contribution in [0.3, 0.4) is 0 Å². The average Bonchev–Trinajstić information content (AvgIpc) is 2.68. The van der Waals surface area contributed by atoms with Gasteiger partial charge in [0, 0.05) is 12.2 Å². The van der Waals surface area contributed by atoms with Gasteiger partial charge in [0.25, 0.3) is 0 Å². The Kier molecular flexibility index (Phi) is 3.95. The van der Waals surface area contributed by atoms with Crippen LogP contribution in [0.25, 0.3) is 5.82 Å². The van der Waals surface area contributed by atoms with Crippen LogP contribution in [0.5, 0.6) is 0 Å². The van der Waals surface area contributed by atoms with Crippen molar-refractivity contribution in [2.24, 2.45) is 0 Å². The Morgan fingerprint density at radius 2 is 1.95 bits per heavy atom. The van der Waals surface area contributed by atoms with E-state index >= 15 is 0 Å². The molecule has 0 fully saturated rings. The van der Waals surface area contributed by atoms with Gasteiger partial charge in [-0.05, 0) is 44.5 Å². The number of hydrogen-bond donors (Lipinski definition) is 1. The Morgan fingerprint density at radius 1 is 1.21 bits per heavy atom. The monoisotopic (exact) mass is 259 g/mol. The molecule has 5 heteroatoms.